The zero-order valence-electron chi connectivity index (χ0n) is 17.7. The van der Waals surface area contributed by atoms with E-state index in [1.807, 2.05) is 0 Å². The van der Waals surface area contributed by atoms with Gasteiger partial charge in [0, 0.05) is 24.1 Å². The predicted molar refractivity (Wildman–Crippen MR) is 112 cm³/mol. The summed E-state index contributed by atoms with van der Waals surface area (Å²) in [5.74, 6) is -0.719. The quantitative estimate of drug-likeness (QED) is 0.451. The van der Waals surface area contributed by atoms with E-state index in [4.69, 9.17) is 9.47 Å². The molecule has 1 N–H and O–H groups in total. The van der Waals surface area contributed by atoms with Crippen molar-refractivity contribution in [3.05, 3.63) is 71.8 Å². The Kier molecular flexibility index (Phi) is 6.08. The Bertz CT molecular complexity index is 1310. The molecular weight excluding hydrogens is 455 g/mol. The standard InChI is InChI=1S/C21H16F3N7O3/c1-12-10-13(34-20-25-8-3-9-26-20)4-5-15(12)28-19(32)14-11-27-31(18(14)21(22,23)24)16-6-7-17(33-2)30-29-16/h3-11H,1-2H3,(H,28,32). The smallest absolute Gasteiger partial charge is 0.434 e. The lowest BCUT2D eigenvalue weighted by molar-refractivity contribution is -0.143. The number of amides is 1. The van der Waals surface area contributed by atoms with E-state index >= 15 is 0 Å². The maximum Gasteiger partial charge on any atom is 0.434 e. The number of rotatable bonds is 6. The molecule has 3 aromatic heterocycles. The molecule has 13 heteroatoms. The van der Waals surface area contributed by atoms with Gasteiger partial charge in [0.05, 0.1) is 18.9 Å². The van der Waals surface area contributed by atoms with Crippen LogP contribution >= 0.6 is 0 Å². The highest BCUT2D eigenvalue weighted by Gasteiger charge is 2.41. The van der Waals surface area contributed by atoms with E-state index in [1.54, 1.807) is 19.1 Å². The lowest BCUT2D eigenvalue weighted by Crippen LogP contribution is -2.21. The average Bonchev–Trinajstić information content (AvgIpc) is 3.28. The Balaban J connectivity index is 1.60. The highest BCUT2D eigenvalue weighted by Crippen LogP contribution is 2.34. The molecule has 34 heavy (non-hydrogen) atoms. The number of anilines is 1. The van der Waals surface area contributed by atoms with E-state index in [9.17, 15) is 18.0 Å². The van der Waals surface area contributed by atoms with Crippen LogP contribution in [0.15, 0.2) is 55.0 Å². The molecule has 0 unspecified atom stereocenters. The first kappa shape index (κ1) is 22.6. The Labute approximate surface area is 190 Å². The zero-order chi connectivity index (χ0) is 24.3. The second kappa shape index (κ2) is 9.13. The normalized spacial score (nSPS) is 11.2. The molecule has 4 rings (SSSR count). The summed E-state index contributed by atoms with van der Waals surface area (Å²) in [5.41, 5.74) is -1.13. The van der Waals surface area contributed by atoms with Gasteiger partial charge in [-0.25, -0.2) is 14.6 Å². The summed E-state index contributed by atoms with van der Waals surface area (Å²) in [6.45, 7) is 1.66. The van der Waals surface area contributed by atoms with Crippen LogP contribution in [-0.2, 0) is 6.18 Å². The molecule has 0 atom stereocenters. The molecular formula is C21H16F3N7O3. The Morgan fingerprint density at radius 3 is 2.47 bits per heavy atom. The third kappa shape index (κ3) is 4.77. The highest BCUT2D eigenvalue weighted by atomic mass is 19.4. The Hall–Kier alpha value is -4.55. The van der Waals surface area contributed by atoms with Crippen molar-refractivity contribution in [3.8, 4) is 23.5 Å². The van der Waals surface area contributed by atoms with Crippen LogP contribution < -0.4 is 14.8 Å². The largest absolute Gasteiger partial charge is 0.480 e. The van der Waals surface area contributed by atoms with E-state index in [-0.39, 0.29) is 23.4 Å². The van der Waals surface area contributed by atoms with Crippen molar-refractivity contribution < 1.29 is 27.4 Å². The predicted octanol–water partition coefficient (Wildman–Crippen LogP) is 3.83. The summed E-state index contributed by atoms with van der Waals surface area (Å²) >= 11 is 0. The van der Waals surface area contributed by atoms with Crippen LogP contribution in [0, 0.1) is 6.92 Å². The molecule has 0 aliphatic rings. The number of hydrogen-bond acceptors (Lipinski definition) is 8. The number of nitrogens with one attached hydrogen (secondary N) is 1. The van der Waals surface area contributed by atoms with Gasteiger partial charge in [-0.15, -0.1) is 10.2 Å². The number of hydrogen-bond donors (Lipinski definition) is 1. The van der Waals surface area contributed by atoms with Crippen molar-refractivity contribution in [2.45, 2.75) is 13.1 Å². The van der Waals surface area contributed by atoms with Gasteiger partial charge in [0.1, 0.15) is 5.75 Å². The molecule has 3 heterocycles. The summed E-state index contributed by atoms with van der Waals surface area (Å²) in [7, 11) is 1.34. The number of ether oxygens (including phenoxy) is 2. The third-order valence-corrected chi connectivity index (χ3v) is 4.53. The number of carbonyl (C=O) groups is 1. The van der Waals surface area contributed by atoms with Crippen LogP contribution in [0.1, 0.15) is 21.6 Å². The first-order chi connectivity index (χ1) is 16.3. The molecule has 0 saturated heterocycles. The molecule has 0 spiro atoms. The molecule has 0 bridgehead atoms. The van der Waals surface area contributed by atoms with Gasteiger partial charge in [0.25, 0.3) is 5.91 Å². The molecule has 10 nitrogen and oxygen atoms in total. The fourth-order valence-electron chi connectivity index (χ4n) is 2.97. The van der Waals surface area contributed by atoms with Crippen LogP contribution in [0.5, 0.6) is 17.6 Å². The average molecular weight is 471 g/mol. The molecule has 0 fully saturated rings. The minimum Gasteiger partial charge on any atom is -0.480 e. The van der Waals surface area contributed by atoms with Crippen molar-refractivity contribution in [3.63, 3.8) is 0 Å². The number of methoxy groups -OCH3 is 1. The second-order valence-electron chi connectivity index (χ2n) is 6.81. The van der Waals surface area contributed by atoms with Crippen molar-refractivity contribution in [1.29, 1.82) is 0 Å². The van der Waals surface area contributed by atoms with Gasteiger partial charge in [-0.2, -0.15) is 18.3 Å². The number of aromatic nitrogens is 6. The van der Waals surface area contributed by atoms with Gasteiger partial charge < -0.3 is 14.8 Å². The molecule has 0 aliphatic heterocycles. The maximum absolute atomic E-state index is 13.9. The molecule has 0 aliphatic carbocycles. The highest BCUT2D eigenvalue weighted by molar-refractivity contribution is 6.05. The Morgan fingerprint density at radius 1 is 1.09 bits per heavy atom. The topological polar surface area (TPSA) is 117 Å². The lowest BCUT2D eigenvalue weighted by Gasteiger charge is -2.13. The van der Waals surface area contributed by atoms with Gasteiger partial charge in [0.2, 0.25) is 5.88 Å². The summed E-state index contributed by atoms with van der Waals surface area (Å²) in [6, 6.07) is 8.95. The van der Waals surface area contributed by atoms with Crippen LogP contribution in [-0.4, -0.2) is 43.0 Å². The van der Waals surface area contributed by atoms with Gasteiger partial charge in [-0.3, -0.25) is 4.79 Å². The zero-order valence-corrected chi connectivity index (χ0v) is 17.7. The number of alkyl halides is 3. The van der Waals surface area contributed by atoms with Crippen LogP contribution in [0.3, 0.4) is 0 Å². The van der Waals surface area contributed by atoms with Crippen LogP contribution in [0.2, 0.25) is 0 Å². The Morgan fingerprint density at radius 2 is 1.85 bits per heavy atom. The monoisotopic (exact) mass is 471 g/mol. The molecule has 0 saturated carbocycles. The van der Waals surface area contributed by atoms with Crippen molar-refractivity contribution >= 4 is 11.6 Å². The number of benzene rings is 1. The lowest BCUT2D eigenvalue weighted by atomic mass is 10.1. The first-order valence-corrected chi connectivity index (χ1v) is 9.66. The summed E-state index contributed by atoms with van der Waals surface area (Å²) in [4.78, 5) is 20.7. The summed E-state index contributed by atoms with van der Waals surface area (Å²) in [5, 5.41) is 13.5. The van der Waals surface area contributed by atoms with Crippen molar-refractivity contribution in [2.24, 2.45) is 0 Å². The van der Waals surface area contributed by atoms with Gasteiger partial charge in [-0.1, -0.05) is 0 Å². The van der Waals surface area contributed by atoms with Gasteiger partial charge in [-0.05, 0) is 42.8 Å². The number of halogens is 3. The minimum absolute atomic E-state index is 0.115. The van der Waals surface area contributed by atoms with Crippen molar-refractivity contribution in [2.75, 3.05) is 12.4 Å². The number of aryl methyl sites for hydroxylation is 1. The van der Waals surface area contributed by atoms with Gasteiger partial charge in [0.15, 0.2) is 11.5 Å². The fraction of sp³-hybridized carbons (Fsp3) is 0.143. The second-order valence-corrected chi connectivity index (χ2v) is 6.81. The maximum atomic E-state index is 13.9. The number of nitrogens with zero attached hydrogens (tertiary/aromatic N) is 6. The third-order valence-electron chi connectivity index (χ3n) is 4.53. The van der Waals surface area contributed by atoms with Crippen LogP contribution in [0.4, 0.5) is 18.9 Å². The van der Waals surface area contributed by atoms with Gasteiger partial charge >= 0.3 is 12.2 Å². The summed E-state index contributed by atoms with van der Waals surface area (Å²) < 4.78 is 52.5. The minimum atomic E-state index is -4.90. The SMILES string of the molecule is COc1ccc(-n2ncc(C(=O)Nc3ccc(Oc4ncccn4)cc3C)c2C(F)(F)F)nn1. The van der Waals surface area contributed by atoms with Crippen LogP contribution in [0.25, 0.3) is 5.82 Å². The van der Waals surface area contributed by atoms with E-state index in [1.165, 1.54) is 43.8 Å². The molecule has 174 valence electrons. The first-order valence-electron chi connectivity index (χ1n) is 9.66. The molecule has 0 radical (unpaired) electrons. The molecule has 1 amide bonds. The van der Waals surface area contributed by atoms with E-state index in [0.717, 1.165) is 6.20 Å². The molecule has 1 aromatic carbocycles. The fourth-order valence-corrected chi connectivity index (χ4v) is 2.97. The van der Waals surface area contributed by atoms with Crippen molar-refractivity contribution in [1.82, 2.24) is 29.9 Å². The molecule has 4 aromatic rings. The summed E-state index contributed by atoms with van der Waals surface area (Å²) in [6.07, 6.45) is -1.05. The van der Waals surface area contributed by atoms with E-state index in [2.05, 4.69) is 30.6 Å². The number of carbonyl (C=O) groups excluding carboxylic acids is 1. The van der Waals surface area contributed by atoms with E-state index in [0.29, 0.717) is 16.0 Å². The van der Waals surface area contributed by atoms with E-state index < -0.39 is 23.3 Å².